The minimum Gasteiger partial charge on any atom is -0.326 e. The summed E-state index contributed by atoms with van der Waals surface area (Å²) < 4.78 is 22.7. The van der Waals surface area contributed by atoms with Crippen LogP contribution in [-0.4, -0.2) is 36.0 Å². The van der Waals surface area contributed by atoms with Crippen LogP contribution in [0.4, 0.5) is 5.69 Å². The van der Waals surface area contributed by atoms with Gasteiger partial charge in [-0.05, 0) is 24.6 Å². The number of hydrogen-bond acceptors (Lipinski definition) is 4. The lowest BCUT2D eigenvalue weighted by Gasteiger charge is -2.09. The van der Waals surface area contributed by atoms with E-state index in [1.54, 1.807) is 18.3 Å². The lowest BCUT2D eigenvalue weighted by molar-refractivity contribution is -0.119. The summed E-state index contributed by atoms with van der Waals surface area (Å²) in [6.07, 6.45) is 2.08. The summed E-state index contributed by atoms with van der Waals surface area (Å²) in [7, 11) is -3.03. The van der Waals surface area contributed by atoms with Crippen molar-refractivity contribution in [1.29, 1.82) is 0 Å². The summed E-state index contributed by atoms with van der Waals surface area (Å²) in [6, 6.07) is 5.39. The lowest BCUT2D eigenvalue weighted by atomic mass is 10.1. The van der Waals surface area contributed by atoms with Gasteiger partial charge in [0.15, 0.2) is 9.84 Å². The Morgan fingerprint density at radius 1 is 1.42 bits per heavy atom. The maximum atomic E-state index is 12.0. The van der Waals surface area contributed by atoms with Crippen LogP contribution in [0.1, 0.15) is 6.42 Å². The fourth-order valence-corrected chi connectivity index (χ4v) is 4.01. The van der Waals surface area contributed by atoms with Crippen LogP contribution in [0.15, 0.2) is 24.4 Å². The van der Waals surface area contributed by atoms with Crippen molar-refractivity contribution in [3.05, 3.63) is 24.4 Å². The predicted octanol–water partition coefficient (Wildman–Crippen LogP) is 0.936. The number of carbonyl (C=O) groups excluding carboxylic acids is 1. The zero-order valence-electron chi connectivity index (χ0n) is 10.1. The molecule has 0 aliphatic carbocycles. The molecule has 2 N–H and O–H groups in total. The van der Waals surface area contributed by atoms with Crippen molar-refractivity contribution in [3.63, 3.8) is 0 Å². The van der Waals surface area contributed by atoms with Gasteiger partial charge in [0.25, 0.3) is 0 Å². The summed E-state index contributed by atoms with van der Waals surface area (Å²) in [5, 5.41) is 10.4. The zero-order chi connectivity index (χ0) is 13.5. The molecule has 1 aromatic heterocycles. The molecule has 0 unspecified atom stereocenters. The van der Waals surface area contributed by atoms with E-state index in [9.17, 15) is 13.2 Å². The van der Waals surface area contributed by atoms with E-state index in [-0.39, 0.29) is 17.4 Å². The van der Waals surface area contributed by atoms with Crippen molar-refractivity contribution >= 4 is 32.3 Å². The van der Waals surface area contributed by atoms with Gasteiger partial charge in [0.2, 0.25) is 5.91 Å². The van der Waals surface area contributed by atoms with Gasteiger partial charge in [-0.1, -0.05) is 0 Å². The van der Waals surface area contributed by atoms with Gasteiger partial charge in [-0.15, -0.1) is 0 Å². The Hall–Kier alpha value is -1.89. The molecule has 0 spiro atoms. The molecule has 1 amide bonds. The van der Waals surface area contributed by atoms with Gasteiger partial charge in [-0.25, -0.2) is 8.42 Å². The van der Waals surface area contributed by atoms with Gasteiger partial charge < -0.3 is 5.32 Å². The highest BCUT2D eigenvalue weighted by Gasteiger charge is 2.32. The SMILES string of the molecule is O=C(Nc1ccc2[nH]ncc2c1)[C@@H]1CCS(=O)(=O)C1. The molecule has 3 rings (SSSR count). The van der Waals surface area contributed by atoms with Gasteiger partial charge in [0, 0.05) is 11.1 Å². The second kappa shape index (κ2) is 4.34. The maximum absolute atomic E-state index is 12.0. The van der Waals surface area contributed by atoms with Gasteiger partial charge in [-0.2, -0.15) is 5.10 Å². The van der Waals surface area contributed by atoms with Crippen LogP contribution < -0.4 is 5.32 Å². The molecule has 1 saturated heterocycles. The highest BCUT2D eigenvalue weighted by atomic mass is 32.2. The maximum Gasteiger partial charge on any atom is 0.228 e. The van der Waals surface area contributed by atoms with Crippen molar-refractivity contribution in [1.82, 2.24) is 10.2 Å². The number of carbonyl (C=O) groups is 1. The molecule has 1 aromatic carbocycles. The molecule has 0 saturated carbocycles. The lowest BCUT2D eigenvalue weighted by Crippen LogP contribution is -2.23. The molecule has 0 radical (unpaired) electrons. The van der Waals surface area contributed by atoms with E-state index < -0.39 is 15.8 Å². The Kier molecular flexibility index (Phi) is 2.78. The number of aromatic amines is 1. The first-order valence-electron chi connectivity index (χ1n) is 5.98. The van der Waals surface area contributed by atoms with E-state index in [0.29, 0.717) is 12.1 Å². The molecular weight excluding hydrogens is 266 g/mol. The Morgan fingerprint density at radius 2 is 2.26 bits per heavy atom. The molecule has 1 fully saturated rings. The highest BCUT2D eigenvalue weighted by Crippen LogP contribution is 2.22. The topological polar surface area (TPSA) is 91.9 Å². The van der Waals surface area contributed by atoms with Crippen LogP contribution in [0.25, 0.3) is 10.9 Å². The van der Waals surface area contributed by atoms with Crippen LogP contribution >= 0.6 is 0 Å². The molecule has 1 atom stereocenters. The monoisotopic (exact) mass is 279 g/mol. The Morgan fingerprint density at radius 3 is 3.00 bits per heavy atom. The number of hydrogen-bond donors (Lipinski definition) is 2. The first-order valence-corrected chi connectivity index (χ1v) is 7.80. The first-order chi connectivity index (χ1) is 9.03. The van der Waals surface area contributed by atoms with E-state index in [4.69, 9.17) is 0 Å². The molecule has 1 aliphatic heterocycles. The number of sulfone groups is 1. The number of aromatic nitrogens is 2. The molecule has 2 aromatic rings. The van der Waals surface area contributed by atoms with Crippen LogP contribution in [-0.2, 0) is 14.6 Å². The fourth-order valence-electron chi connectivity index (χ4n) is 2.27. The van der Waals surface area contributed by atoms with Crippen LogP contribution in [0.3, 0.4) is 0 Å². The zero-order valence-corrected chi connectivity index (χ0v) is 10.9. The number of amides is 1. The molecule has 0 bridgehead atoms. The van der Waals surface area contributed by atoms with Crippen molar-refractivity contribution in [3.8, 4) is 0 Å². The normalized spacial score (nSPS) is 21.6. The largest absolute Gasteiger partial charge is 0.326 e. The number of nitrogens with zero attached hydrogens (tertiary/aromatic N) is 1. The second-order valence-corrected chi connectivity index (χ2v) is 6.99. The average molecular weight is 279 g/mol. The van der Waals surface area contributed by atoms with Gasteiger partial charge in [0.1, 0.15) is 0 Å². The number of fused-ring (bicyclic) bond motifs is 1. The van der Waals surface area contributed by atoms with Crippen LogP contribution in [0, 0.1) is 5.92 Å². The van der Waals surface area contributed by atoms with Gasteiger partial charge >= 0.3 is 0 Å². The predicted molar refractivity (Wildman–Crippen MR) is 71.5 cm³/mol. The summed E-state index contributed by atoms with van der Waals surface area (Å²) in [6.45, 7) is 0. The molecular formula is C12H13N3O3S. The molecule has 6 nitrogen and oxygen atoms in total. The molecule has 1 aliphatic rings. The summed E-state index contributed by atoms with van der Waals surface area (Å²) in [5.41, 5.74) is 1.55. The highest BCUT2D eigenvalue weighted by molar-refractivity contribution is 7.91. The van der Waals surface area contributed by atoms with Crippen LogP contribution in [0.2, 0.25) is 0 Å². The minimum absolute atomic E-state index is 0.0488. The number of anilines is 1. The van der Waals surface area contributed by atoms with E-state index in [0.717, 1.165) is 10.9 Å². The third-order valence-electron chi connectivity index (χ3n) is 3.31. The van der Waals surface area contributed by atoms with Crippen molar-refractivity contribution in [2.45, 2.75) is 6.42 Å². The smallest absolute Gasteiger partial charge is 0.228 e. The summed E-state index contributed by atoms with van der Waals surface area (Å²) >= 11 is 0. The average Bonchev–Trinajstić information content (AvgIpc) is 2.94. The second-order valence-electron chi connectivity index (χ2n) is 4.76. The third-order valence-corrected chi connectivity index (χ3v) is 5.08. The van der Waals surface area contributed by atoms with E-state index in [1.165, 1.54) is 0 Å². The standard InChI is InChI=1S/C12H13N3O3S/c16-12(8-3-4-19(17,18)7-8)14-10-1-2-11-9(5-10)6-13-15-11/h1-2,5-6,8H,3-4,7H2,(H,13,15)(H,14,16)/t8-/m1/s1. The Balaban J connectivity index is 1.75. The first kappa shape index (κ1) is 12.2. The van der Waals surface area contributed by atoms with Gasteiger partial charge in [-0.3, -0.25) is 9.89 Å². The van der Waals surface area contributed by atoms with Gasteiger partial charge in [0.05, 0.1) is 29.1 Å². The Bertz CT molecular complexity index is 736. The quantitative estimate of drug-likeness (QED) is 0.855. The molecule has 2 heterocycles. The summed E-state index contributed by atoms with van der Waals surface area (Å²) in [4.78, 5) is 12.0. The van der Waals surface area contributed by atoms with E-state index >= 15 is 0 Å². The molecule has 19 heavy (non-hydrogen) atoms. The Labute approximate surface area is 110 Å². The number of H-pyrrole nitrogens is 1. The van der Waals surface area contributed by atoms with Crippen LogP contribution in [0.5, 0.6) is 0 Å². The number of benzene rings is 1. The van der Waals surface area contributed by atoms with Crippen molar-refractivity contribution in [2.24, 2.45) is 5.92 Å². The minimum atomic E-state index is -3.03. The van der Waals surface area contributed by atoms with E-state index in [2.05, 4.69) is 15.5 Å². The number of nitrogens with one attached hydrogen (secondary N) is 2. The summed E-state index contributed by atoms with van der Waals surface area (Å²) in [5.74, 6) is -0.618. The van der Waals surface area contributed by atoms with Crippen molar-refractivity contribution in [2.75, 3.05) is 16.8 Å². The molecule has 7 heteroatoms. The van der Waals surface area contributed by atoms with E-state index in [1.807, 2.05) is 6.07 Å². The fraction of sp³-hybridized carbons (Fsp3) is 0.333. The molecule has 100 valence electrons. The third kappa shape index (κ3) is 2.46. The number of rotatable bonds is 2. The van der Waals surface area contributed by atoms with Crippen molar-refractivity contribution < 1.29 is 13.2 Å².